The molecule has 2 atom stereocenters. The monoisotopic (exact) mass is 1080 g/mol. The van der Waals surface area contributed by atoms with Gasteiger partial charge in [-0.3, -0.25) is 0 Å². The van der Waals surface area contributed by atoms with Crippen molar-refractivity contribution in [2.45, 2.75) is 51.5 Å². The highest BCUT2D eigenvalue weighted by Gasteiger charge is 2.31. The maximum atomic E-state index is 14.5. The smallest absolute Gasteiger partial charge is 0.418 e. The van der Waals surface area contributed by atoms with Gasteiger partial charge in [0.15, 0.2) is 23.0 Å². The highest BCUT2D eigenvalue weighted by Crippen LogP contribution is 2.36. The Balaban J connectivity index is 1.07. The first kappa shape index (κ1) is 57.2. The van der Waals surface area contributed by atoms with Gasteiger partial charge in [-0.05, 0) is 108 Å². The van der Waals surface area contributed by atoms with Gasteiger partial charge in [0.25, 0.3) is 0 Å². The topological polar surface area (TPSA) is 150 Å². The van der Waals surface area contributed by atoms with Crippen LogP contribution in [0.5, 0.6) is 46.0 Å². The van der Waals surface area contributed by atoms with Crippen molar-refractivity contribution in [3.63, 3.8) is 0 Å². The Morgan fingerprint density at radius 3 is 1.02 bits per heavy atom. The van der Waals surface area contributed by atoms with Gasteiger partial charge in [-0.1, -0.05) is 133 Å². The van der Waals surface area contributed by atoms with E-state index in [1.54, 1.807) is 64.8 Å². The molecule has 0 aliphatic carbocycles. The van der Waals surface area contributed by atoms with Crippen LogP contribution < -0.4 is 48.5 Å². The lowest BCUT2D eigenvalue weighted by atomic mass is 10.1. The number of hydrogen-bond acceptors (Lipinski definition) is 14. The zero-order valence-electron chi connectivity index (χ0n) is 45.6. The minimum atomic E-state index is -1.21. The second-order valence-electron chi connectivity index (χ2n) is 18.6. The number of esters is 2. The molecule has 414 valence electrons. The zero-order valence-corrected chi connectivity index (χ0v) is 45.6. The fourth-order valence-electron chi connectivity index (χ4n) is 8.73. The van der Waals surface area contributed by atoms with E-state index in [2.05, 4.69) is 10.6 Å². The van der Waals surface area contributed by atoms with Crippen molar-refractivity contribution in [2.75, 3.05) is 54.6 Å². The number of hydrogen-bond donors (Lipinski definition) is 2. The van der Waals surface area contributed by atoms with E-state index >= 15 is 0 Å². The van der Waals surface area contributed by atoms with Crippen LogP contribution in [0, 0.1) is 0 Å². The Morgan fingerprint density at radius 2 is 0.688 bits per heavy atom. The van der Waals surface area contributed by atoms with Crippen molar-refractivity contribution in [3.05, 3.63) is 239 Å². The maximum absolute atomic E-state index is 14.5. The van der Waals surface area contributed by atoms with Crippen LogP contribution in [0.1, 0.15) is 56.7 Å². The Labute approximate surface area is 468 Å². The minimum absolute atomic E-state index is 0.0985. The molecule has 0 saturated heterocycles. The van der Waals surface area contributed by atoms with Crippen LogP contribution in [0.4, 0.5) is 0 Å². The SMILES string of the molecule is COc1ccc(CCNCC(OC(=O)C(=O)OC(CNCCc2ccc(OC)c(OC)c2)c2ccc(OCc3ccccc3)cc2OCc2ccccc2)c2ccc(OCc3ccccc3)cc2OCc2ccccc2)cc1OC. The quantitative estimate of drug-likeness (QED) is 0.0250. The van der Waals surface area contributed by atoms with Crippen LogP contribution in [-0.2, 0) is 58.3 Å². The first-order chi connectivity index (χ1) is 39.3. The zero-order chi connectivity index (χ0) is 55.7. The summed E-state index contributed by atoms with van der Waals surface area (Å²) in [6.45, 7) is 2.18. The number of carbonyl (C=O) groups excluding carboxylic acids is 2. The van der Waals surface area contributed by atoms with E-state index in [-0.39, 0.29) is 26.3 Å². The summed E-state index contributed by atoms with van der Waals surface area (Å²) in [7, 11) is 6.38. The molecule has 8 rings (SSSR count). The molecule has 0 spiro atoms. The average molecular weight is 1080 g/mol. The largest absolute Gasteiger partial charge is 0.493 e. The minimum Gasteiger partial charge on any atom is -0.493 e. The van der Waals surface area contributed by atoms with Gasteiger partial charge in [0.1, 0.15) is 61.6 Å². The Morgan fingerprint density at radius 1 is 0.350 bits per heavy atom. The highest BCUT2D eigenvalue weighted by molar-refractivity contribution is 6.29. The van der Waals surface area contributed by atoms with Crippen molar-refractivity contribution >= 4 is 11.9 Å². The number of benzene rings is 8. The van der Waals surface area contributed by atoms with Crippen LogP contribution in [0.15, 0.2) is 194 Å². The molecule has 0 radical (unpaired) electrons. The molecule has 2 unspecified atom stereocenters. The summed E-state index contributed by atoms with van der Waals surface area (Å²) in [5.41, 5.74) is 6.81. The van der Waals surface area contributed by atoms with Gasteiger partial charge in [0.2, 0.25) is 0 Å². The van der Waals surface area contributed by atoms with Crippen molar-refractivity contribution in [1.29, 1.82) is 0 Å². The molecule has 0 heterocycles. The van der Waals surface area contributed by atoms with Crippen LogP contribution in [0.25, 0.3) is 0 Å². The lowest BCUT2D eigenvalue weighted by Gasteiger charge is -2.24. The maximum Gasteiger partial charge on any atom is 0.418 e. The molecule has 0 amide bonds. The molecule has 0 fully saturated rings. The Kier molecular flexibility index (Phi) is 21.6. The Hall–Kier alpha value is -8.98. The normalized spacial score (nSPS) is 11.6. The second-order valence-corrected chi connectivity index (χ2v) is 18.6. The lowest BCUT2D eigenvalue weighted by molar-refractivity contribution is -0.174. The average Bonchev–Trinajstić information content (AvgIpc) is 3.52. The van der Waals surface area contributed by atoms with Crippen LogP contribution >= 0.6 is 0 Å². The summed E-state index contributed by atoms with van der Waals surface area (Å²) in [4.78, 5) is 29.0. The molecule has 80 heavy (non-hydrogen) atoms. The molecule has 2 N–H and O–H groups in total. The predicted molar refractivity (Wildman–Crippen MR) is 306 cm³/mol. The molecule has 14 heteroatoms. The van der Waals surface area contributed by atoms with E-state index in [4.69, 9.17) is 47.4 Å². The molecule has 8 aromatic rings. The van der Waals surface area contributed by atoms with Crippen LogP contribution in [-0.4, -0.2) is 66.6 Å². The number of methoxy groups -OCH3 is 4. The van der Waals surface area contributed by atoms with Gasteiger partial charge >= 0.3 is 11.9 Å². The molecule has 0 aliphatic rings. The summed E-state index contributed by atoms with van der Waals surface area (Å²) >= 11 is 0. The van der Waals surface area contributed by atoms with Crippen molar-refractivity contribution < 1.29 is 57.0 Å². The number of rotatable bonds is 30. The van der Waals surface area contributed by atoms with Gasteiger partial charge < -0.3 is 58.0 Å². The summed E-state index contributed by atoms with van der Waals surface area (Å²) in [5, 5.41) is 6.91. The summed E-state index contributed by atoms with van der Waals surface area (Å²) in [6.07, 6.45) is -0.896. The third kappa shape index (κ3) is 17.0. The fourth-order valence-corrected chi connectivity index (χ4v) is 8.73. The van der Waals surface area contributed by atoms with Gasteiger partial charge in [-0.2, -0.15) is 0 Å². The summed E-state index contributed by atoms with van der Waals surface area (Å²) < 4.78 is 60.1. The molecule has 0 saturated carbocycles. The summed E-state index contributed by atoms with van der Waals surface area (Å²) in [5.74, 6) is 1.92. The number of carbonyl (C=O) groups is 2. The lowest BCUT2D eigenvalue weighted by Crippen LogP contribution is -2.33. The predicted octanol–water partition coefficient (Wildman–Crippen LogP) is 11.6. The van der Waals surface area contributed by atoms with E-state index in [0.29, 0.717) is 96.3 Å². The molecule has 8 aromatic carbocycles. The number of nitrogens with one attached hydrogen (secondary N) is 2. The molecular formula is C66H68N2O12. The number of ether oxygens (including phenoxy) is 10. The van der Waals surface area contributed by atoms with E-state index in [9.17, 15) is 9.59 Å². The highest BCUT2D eigenvalue weighted by atomic mass is 16.6. The fraction of sp³-hybridized carbons (Fsp3) is 0.242. The first-order valence-electron chi connectivity index (χ1n) is 26.5. The molecule has 0 aromatic heterocycles. The second kappa shape index (κ2) is 30.2. The third-order valence-corrected chi connectivity index (χ3v) is 13.0. The van der Waals surface area contributed by atoms with Crippen molar-refractivity contribution in [2.24, 2.45) is 0 Å². The van der Waals surface area contributed by atoms with E-state index in [0.717, 1.165) is 33.4 Å². The molecule has 14 nitrogen and oxygen atoms in total. The van der Waals surface area contributed by atoms with Crippen LogP contribution in [0.2, 0.25) is 0 Å². The molecule has 0 bridgehead atoms. The van der Waals surface area contributed by atoms with Gasteiger partial charge in [0, 0.05) is 36.3 Å². The van der Waals surface area contributed by atoms with Gasteiger partial charge in [-0.25, -0.2) is 9.59 Å². The van der Waals surface area contributed by atoms with E-state index in [1.165, 1.54) is 0 Å². The van der Waals surface area contributed by atoms with Gasteiger partial charge in [0.05, 0.1) is 28.4 Å². The Bertz CT molecular complexity index is 2970. The first-order valence-corrected chi connectivity index (χ1v) is 26.5. The van der Waals surface area contributed by atoms with E-state index < -0.39 is 24.1 Å². The molecular weight excluding hydrogens is 1010 g/mol. The van der Waals surface area contributed by atoms with E-state index in [1.807, 2.05) is 158 Å². The van der Waals surface area contributed by atoms with Crippen molar-refractivity contribution in [1.82, 2.24) is 10.6 Å². The van der Waals surface area contributed by atoms with Gasteiger partial charge in [-0.15, -0.1) is 0 Å². The standard InChI is InChI=1S/C66H68N2O12/c1-71-57-31-25-47(37-61(57)73-3)33-35-67-41-63(55-29-27-53(75-43-49-17-9-5-10-18-49)39-59(55)77-45-51-21-13-7-14-22-51)79-65(69)66(70)80-64(42-68-36-34-48-26-32-58(72-2)62(38-48)74-4)56-30-28-54(76-44-50-19-11-6-12-20-50)40-60(56)78-46-52-23-15-8-16-24-52/h5-32,37-40,63-64,67-68H,33-36,41-46H2,1-4H3. The van der Waals surface area contributed by atoms with Crippen LogP contribution in [0.3, 0.4) is 0 Å². The van der Waals surface area contributed by atoms with Crippen molar-refractivity contribution in [3.8, 4) is 46.0 Å². The third-order valence-electron chi connectivity index (χ3n) is 13.0. The summed E-state index contributed by atoms with van der Waals surface area (Å²) in [6, 6.07) is 61.3. The molecule has 0 aliphatic heterocycles.